The number of aromatic hydroxyl groups is 1. The van der Waals surface area contributed by atoms with Gasteiger partial charge >= 0.3 is 11.3 Å². The van der Waals surface area contributed by atoms with Gasteiger partial charge in [-0.2, -0.15) is 0 Å². The first kappa shape index (κ1) is 14.5. The molecule has 118 valence electrons. The molecule has 2 heterocycles. The zero-order valence-electron chi connectivity index (χ0n) is 12.1. The van der Waals surface area contributed by atoms with Crippen molar-refractivity contribution in [2.45, 2.75) is 0 Å². The third-order valence-corrected chi connectivity index (χ3v) is 3.95. The lowest BCUT2D eigenvalue weighted by atomic mass is 10.0. The van der Waals surface area contributed by atoms with E-state index in [9.17, 15) is 14.7 Å². The summed E-state index contributed by atoms with van der Waals surface area (Å²) in [6, 6.07) is 12.1. The SMILES string of the molecule is O=c1cc(-c2cc3cc(Cl)ccc3oc2=O)c2ccc(O)cc2o1. The van der Waals surface area contributed by atoms with Crippen LogP contribution in [-0.2, 0) is 0 Å². The van der Waals surface area contributed by atoms with Crippen molar-refractivity contribution in [1.29, 1.82) is 0 Å². The van der Waals surface area contributed by atoms with E-state index >= 15 is 0 Å². The molecule has 2 aromatic heterocycles. The highest BCUT2D eigenvalue weighted by Crippen LogP contribution is 2.29. The summed E-state index contributed by atoms with van der Waals surface area (Å²) in [5.74, 6) is -0.0415. The second kappa shape index (κ2) is 5.25. The van der Waals surface area contributed by atoms with Crippen LogP contribution in [0.5, 0.6) is 5.75 Å². The van der Waals surface area contributed by atoms with E-state index in [1.165, 1.54) is 18.2 Å². The Labute approximate surface area is 139 Å². The van der Waals surface area contributed by atoms with Crippen molar-refractivity contribution in [2.75, 3.05) is 0 Å². The van der Waals surface area contributed by atoms with Crippen LogP contribution in [0, 0.1) is 0 Å². The fourth-order valence-corrected chi connectivity index (χ4v) is 2.84. The summed E-state index contributed by atoms with van der Waals surface area (Å²) in [5, 5.41) is 11.2. The molecule has 6 heteroatoms. The Hall–Kier alpha value is -3.05. The van der Waals surface area contributed by atoms with Gasteiger partial charge in [-0.15, -0.1) is 0 Å². The van der Waals surface area contributed by atoms with Gasteiger partial charge in [-0.3, -0.25) is 0 Å². The lowest BCUT2D eigenvalue weighted by molar-refractivity contribution is 0.473. The van der Waals surface area contributed by atoms with Gasteiger partial charge in [-0.1, -0.05) is 11.6 Å². The molecule has 2 aromatic carbocycles. The van der Waals surface area contributed by atoms with Gasteiger partial charge in [0.05, 0.1) is 5.56 Å². The van der Waals surface area contributed by atoms with Gasteiger partial charge < -0.3 is 13.9 Å². The van der Waals surface area contributed by atoms with Crippen LogP contribution >= 0.6 is 11.6 Å². The summed E-state index contributed by atoms with van der Waals surface area (Å²) in [4.78, 5) is 24.2. The first-order valence-electron chi connectivity index (χ1n) is 7.02. The number of fused-ring (bicyclic) bond motifs is 2. The minimum atomic E-state index is -0.631. The second-order valence-corrected chi connectivity index (χ2v) is 5.73. The molecule has 0 fully saturated rings. The Kier molecular flexibility index (Phi) is 3.18. The van der Waals surface area contributed by atoms with E-state index < -0.39 is 11.3 Å². The van der Waals surface area contributed by atoms with E-state index in [0.29, 0.717) is 26.9 Å². The number of hydrogen-bond donors (Lipinski definition) is 1. The number of halogens is 1. The molecule has 0 saturated heterocycles. The Morgan fingerprint density at radius 1 is 0.833 bits per heavy atom. The van der Waals surface area contributed by atoms with E-state index in [4.69, 9.17) is 20.4 Å². The van der Waals surface area contributed by atoms with Gasteiger partial charge in [0, 0.05) is 33.5 Å². The van der Waals surface area contributed by atoms with Gasteiger partial charge in [0.25, 0.3) is 0 Å². The molecular weight excluding hydrogens is 332 g/mol. The summed E-state index contributed by atoms with van der Waals surface area (Å²) in [6.07, 6.45) is 0. The maximum Gasteiger partial charge on any atom is 0.344 e. The minimum absolute atomic E-state index is 0.0415. The van der Waals surface area contributed by atoms with Crippen LogP contribution in [0.25, 0.3) is 33.1 Å². The van der Waals surface area contributed by atoms with Crippen molar-refractivity contribution < 1.29 is 13.9 Å². The summed E-state index contributed by atoms with van der Waals surface area (Å²) < 4.78 is 10.4. The maximum atomic E-state index is 12.4. The Balaban J connectivity index is 2.11. The Bertz CT molecular complexity index is 1220. The fourth-order valence-electron chi connectivity index (χ4n) is 2.66. The van der Waals surface area contributed by atoms with Crippen molar-refractivity contribution >= 4 is 33.5 Å². The van der Waals surface area contributed by atoms with E-state index in [2.05, 4.69) is 0 Å². The molecule has 5 nitrogen and oxygen atoms in total. The van der Waals surface area contributed by atoms with Crippen LogP contribution in [0.1, 0.15) is 0 Å². The lowest BCUT2D eigenvalue weighted by Gasteiger charge is -2.06. The van der Waals surface area contributed by atoms with Crippen molar-refractivity contribution in [1.82, 2.24) is 0 Å². The number of rotatable bonds is 1. The average molecular weight is 341 g/mol. The van der Waals surface area contributed by atoms with Gasteiger partial charge in [0.1, 0.15) is 16.9 Å². The summed E-state index contributed by atoms with van der Waals surface area (Å²) in [6.45, 7) is 0. The second-order valence-electron chi connectivity index (χ2n) is 5.29. The molecular formula is C18H9ClO5. The Morgan fingerprint density at radius 3 is 2.50 bits per heavy atom. The third-order valence-electron chi connectivity index (χ3n) is 3.71. The van der Waals surface area contributed by atoms with E-state index in [1.54, 1.807) is 30.3 Å². The van der Waals surface area contributed by atoms with Gasteiger partial charge in [0.15, 0.2) is 0 Å². The van der Waals surface area contributed by atoms with Crippen LogP contribution < -0.4 is 11.3 Å². The lowest BCUT2D eigenvalue weighted by Crippen LogP contribution is -2.06. The predicted molar refractivity (Wildman–Crippen MR) is 90.6 cm³/mol. The summed E-state index contributed by atoms with van der Waals surface area (Å²) in [7, 11) is 0. The normalized spacial score (nSPS) is 11.2. The summed E-state index contributed by atoms with van der Waals surface area (Å²) >= 11 is 5.98. The highest BCUT2D eigenvalue weighted by molar-refractivity contribution is 6.31. The Morgan fingerprint density at radius 2 is 1.67 bits per heavy atom. The van der Waals surface area contributed by atoms with Gasteiger partial charge in [-0.25, -0.2) is 9.59 Å². The largest absolute Gasteiger partial charge is 0.508 e. The molecule has 4 aromatic rings. The van der Waals surface area contributed by atoms with Crippen molar-refractivity contribution in [3.8, 4) is 16.9 Å². The third kappa shape index (κ3) is 2.35. The average Bonchev–Trinajstić information content (AvgIpc) is 2.53. The summed E-state index contributed by atoms with van der Waals surface area (Å²) in [5.41, 5.74) is -0.0372. The number of phenolic OH excluding ortho intramolecular Hbond substituents is 1. The highest BCUT2D eigenvalue weighted by Gasteiger charge is 2.14. The van der Waals surface area contributed by atoms with Gasteiger partial charge in [-0.05, 0) is 36.4 Å². The molecule has 1 N–H and O–H groups in total. The molecule has 0 aliphatic heterocycles. The van der Waals surface area contributed by atoms with E-state index in [0.717, 1.165) is 0 Å². The first-order valence-corrected chi connectivity index (χ1v) is 7.40. The molecule has 0 radical (unpaired) electrons. The molecule has 24 heavy (non-hydrogen) atoms. The molecule has 0 spiro atoms. The molecule has 0 amide bonds. The number of benzene rings is 2. The monoisotopic (exact) mass is 340 g/mol. The molecule has 0 saturated carbocycles. The number of phenols is 1. The molecule has 0 unspecified atom stereocenters. The molecule has 0 aliphatic carbocycles. The quantitative estimate of drug-likeness (QED) is 0.531. The van der Waals surface area contributed by atoms with Crippen LogP contribution in [-0.4, -0.2) is 5.11 Å². The van der Waals surface area contributed by atoms with Crippen molar-refractivity contribution in [3.63, 3.8) is 0 Å². The maximum absolute atomic E-state index is 12.4. The fraction of sp³-hybridized carbons (Fsp3) is 0. The van der Waals surface area contributed by atoms with Crippen LogP contribution in [0.15, 0.2) is 67.0 Å². The zero-order chi connectivity index (χ0) is 16.8. The van der Waals surface area contributed by atoms with Crippen LogP contribution in [0.4, 0.5) is 0 Å². The molecule has 0 aliphatic rings. The molecule has 0 atom stereocenters. The molecule has 4 rings (SSSR count). The van der Waals surface area contributed by atoms with Crippen molar-refractivity contribution in [2.24, 2.45) is 0 Å². The topological polar surface area (TPSA) is 80.7 Å². The van der Waals surface area contributed by atoms with Crippen molar-refractivity contribution in [3.05, 3.63) is 74.4 Å². The standard InChI is InChI=1S/C18H9ClO5/c19-10-1-4-15-9(5-10)6-14(18(22)24-15)13-8-17(21)23-16-7-11(20)2-3-12(13)16/h1-8,20H. The minimum Gasteiger partial charge on any atom is -0.508 e. The van der Waals surface area contributed by atoms with Crippen LogP contribution in [0.3, 0.4) is 0 Å². The highest BCUT2D eigenvalue weighted by atomic mass is 35.5. The first-order chi connectivity index (χ1) is 11.5. The van der Waals surface area contributed by atoms with Crippen LogP contribution in [0.2, 0.25) is 5.02 Å². The number of hydrogen-bond acceptors (Lipinski definition) is 5. The van der Waals surface area contributed by atoms with Gasteiger partial charge in [0.2, 0.25) is 0 Å². The molecule has 0 bridgehead atoms. The predicted octanol–water partition coefficient (Wildman–Crippen LogP) is 3.93. The van der Waals surface area contributed by atoms with E-state index in [-0.39, 0.29) is 16.9 Å². The zero-order valence-corrected chi connectivity index (χ0v) is 12.8. The van der Waals surface area contributed by atoms with E-state index in [1.807, 2.05) is 0 Å². The smallest absolute Gasteiger partial charge is 0.344 e.